The molecule has 1 heterocycles. The van der Waals surface area contributed by atoms with Gasteiger partial charge in [-0.1, -0.05) is 12.1 Å². The van der Waals surface area contributed by atoms with Crippen molar-refractivity contribution in [3.8, 4) is 0 Å². The third-order valence-electron chi connectivity index (χ3n) is 2.45. The molecule has 1 aromatic carbocycles. The molecule has 2 rings (SSSR count). The van der Waals surface area contributed by atoms with Gasteiger partial charge in [-0.2, -0.15) is 8.42 Å². The molecule has 106 valence electrons. The molecule has 20 heavy (non-hydrogen) atoms. The number of pyridine rings is 1. The first-order valence-electron chi connectivity index (χ1n) is 5.46. The van der Waals surface area contributed by atoms with E-state index in [1.165, 1.54) is 18.3 Å². The molecule has 2 aromatic rings. The molecule has 0 amide bonds. The first-order valence-corrected chi connectivity index (χ1v) is 6.95. The van der Waals surface area contributed by atoms with E-state index < -0.39 is 27.3 Å². The van der Waals surface area contributed by atoms with E-state index in [0.29, 0.717) is 5.56 Å². The van der Waals surface area contributed by atoms with Crippen molar-refractivity contribution >= 4 is 15.7 Å². The first kappa shape index (κ1) is 14.4. The van der Waals surface area contributed by atoms with Crippen molar-refractivity contribution in [1.82, 2.24) is 4.98 Å². The number of aliphatic hydroxyl groups excluding tert-OH is 1. The largest absolute Gasteiger partial charge is 0.392 e. The van der Waals surface area contributed by atoms with Gasteiger partial charge in [-0.25, -0.2) is 13.8 Å². The smallest absolute Gasteiger partial charge is 0.279 e. The highest BCUT2D eigenvalue weighted by atomic mass is 32.2. The van der Waals surface area contributed by atoms with Gasteiger partial charge in [0, 0.05) is 6.20 Å². The minimum Gasteiger partial charge on any atom is -0.392 e. The molecule has 0 saturated carbocycles. The normalized spacial score (nSPS) is 11.3. The lowest BCUT2D eigenvalue weighted by molar-refractivity contribution is 0.281. The molecule has 0 atom stereocenters. The molecule has 0 saturated heterocycles. The molecule has 0 fully saturated rings. The van der Waals surface area contributed by atoms with Crippen LogP contribution in [0.1, 0.15) is 5.56 Å². The maximum atomic E-state index is 13.4. The van der Waals surface area contributed by atoms with Crippen molar-refractivity contribution in [3.05, 3.63) is 53.7 Å². The summed E-state index contributed by atoms with van der Waals surface area (Å²) in [6.07, 6.45) is 1.18. The van der Waals surface area contributed by atoms with Gasteiger partial charge < -0.3 is 5.11 Å². The molecule has 0 spiro atoms. The Labute approximate surface area is 114 Å². The van der Waals surface area contributed by atoms with E-state index in [-0.39, 0.29) is 11.6 Å². The summed E-state index contributed by atoms with van der Waals surface area (Å²) in [6.45, 7) is -0.278. The second-order valence-electron chi connectivity index (χ2n) is 3.87. The van der Waals surface area contributed by atoms with Crippen LogP contribution in [0.4, 0.5) is 14.5 Å². The standard InChI is InChI=1S/C12H10F2N2O3S/c13-9-2-1-3-10(12(9)14)16-20(18,19)11-5-4-8(7-17)6-15-11/h1-6,16-17H,7H2. The summed E-state index contributed by atoms with van der Waals surface area (Å²) in [5.41, 5.74) is -0.0704. The van der Waals surface area contributed by atoms with E-state index >= 15 is 0 Å². The van der Waals surface area contributed by atoms with E-state index in [0.717, 1.165) is 18.2 Å². The van der Waals surface area contributed by atoms with E-state index in [4.69, 9.17) is 5.11 Å². The lowest BCUT2D eigenvalue weighted by atomic mass is 10.3. The summed E-state index contributed by atoms with van der Waals surface area (Å²) in [7, 11) is -4.13. The van der Waals surface area contributed by atoms with Gasteiger partial charge in [-0.05, 0) is 23.8 Å². The Balaban J connectivity index is 2.33. The number of benzene rings is 1. The number of nitrogens with one attached hydrogen (secondary N) is 1. The second-order valence-corrected chi connectivity index (χ2v) is 5.50. The van der Waals surface area contributed by atoms with Crippen molar-refractivity contribution in [1.29, 1.82) is 0 Å². The van der Waals surface area contributed by atoms with Crippen molar-refractivity contribution in [3.63, 3.8) is 0 Å². The summed E-state index contributed by atoms with van der Waals surface area (Å²) < 4.78 is 52.2. The van der Waals surface area contributed by atoms with E-state index in [2.05, 4.69) is 4.98 Å². The number of rotatable bonds is 4. The van der Waals surface area contributed by atoms with Gasteiger partial charge in [0.25, 0.3) is 10.0 Å². The topological polar surface area (TPSA) is 79.3 Å². The molecule has 0 unspecified atom stereocenters. The number of hydrogen-bond donors (Lipinski definition) is 2. The number of aliphatic hydroxyl groups is 1. The van der Waals surface area contributed by atoms with Crippen LogP contribution >= 0.6 is 0 Å². The van der Waals surface area contributed by atoms with Gasteiger partial charge in [-0.15, -0.1) is 0 Å². The summed E-state index contributed by atoms with van der Waals surface area (Å²) >= 11 is 0. The van der Waals surface area contributed by atoms with Crippen LogP contribution in [0.3, 0.4) is 0 Å². The number of sulfonamides is 1. The summed E-state index contributed by atoms with van der Waals surface area (Å²) in [6, 6.07) is 5.67. The lowest BCUT2D eigenvalue weighted by Crippen LogP contribution is -2.15. The fourth-order valence-corrected chi connectivity index (χ4v) is 2.43. The molecule has 1 aromatic heterocycles. The number of halogens is 2. The minimum atomic E-state index is -4.13. The quantitative estimate of drug-likeness (QED) is 0.900. The number of nitrogens with zero attached hydrogens (tertiary/aromatic N) is 1. The second kappa shape index (κ2) is 5.51. The molecule has 8 heteroatoms. The van der Waals surface area contributed by atoms with Gasteiger partial charge in [0.15, 0.2) is 16.7 Å². The zero-order chi connectivity index (χ0) is 14.8. The number of anilines is 1. The average Bonchev–Trinajstić information content (AvgIpc) is 2.44. The van der Waals surface area contributed by atoms with Crippen LogP contribution in [0.2, 0.25) is 0 Å². The minimum absolute atomic E-state index is 0.278. The Kier molecular flexibility index (Phi) is 3.96. The zero-order valence-corrected chi connectivity index (χ0v) is 10.9. The summed E-state index contributed by atoms with van der Waals surface area (Å²) in [4.78, 5) is 3.64. The summed E-state index contributed by atoms with van der Waals surface area (Å²) in [5.74, 6) is -2.45. The maximum Gasteiger partial charge on any atom is 0.279 e. The van der Waals surface area contributed by atoms with Gasteiger partial charge >= 0.3 is 0 Å². The molecule has 0 aliphatic heterocycles. The van der Waals surface area contributed by atoms with Crippen molar-refractivity contribution in [2.24, 2.45) is 0 Å². The third-order valence-corrected chi connectivity index (χ3v) is 3.73. The highest BCUT2D eigenvalue weighted by Gasteiger charge is 2.19. The predicted octanol–water partition coefficient (Wildman–Crippen LogP) is 1.65. The average molecular weight is 300 g/mol. The van der Waals surface area contributed by atoms with E-state index in [9.17, 15) is 17.2 Å². The van der Waals surface area contributed by atoms with Gasteiger partial charge in [0.05, 0.1) is 12.3 Å². The highest BCUT2D eigenvalue weighted by Crippen LogP contribution is 2.20. The van der Waals surface area contributed by atoms with Crippen LogP contribution in [0.5, 0.6) is 0 Å². The Morgan fingerprint density at radius 3 is 2.55 bits per heavy atom. The first-order chi connectivity index (χ1) is 9.44. The van der Waals surface area contributed by atoms with Gasteiger partial charge in [0.2, 0.25) is 0 Å². The molecule has 0 radical (unpaired) electrons. The fraction of sp³-hybridized carbons (Fsp3) is 0.0833. The van der Waals surface area contributed by atoms with Crippen molar-refractivity contribution in [2.45, 2.75) is 11.6 Å². The van der Waals surface area contributed by atoms with Gasteiger partial charge in [-0.3, -0.25) is 4.72 Å². The molecular weight excluding hydrogens is 290 g/mol. The third kappa shape index (κ3) is 2.91. The Morgan fingerprint density at radius 1 is 1.20 bits per heavy atom. The number of hydrogen-bond acceptors (Lipinski definition) is 4. The SMILES string of the molecule is O=S(=O)(Nc1cccc(F)c1F)c1ccc(CO)cn1. The molecule has 2 N–H and O–H groups in total. The lowest BCUT2D eigenvalue weighted by Gasteiger charge is -2.08. The van der Waals surface area contributed by atoms with Crippen LogP contribution in [-0.4, -0.2) is 18.5 Å². The molecule has 0 aliphatic rings. The van der Waals surface area contributed by atoms with Crippen LogP contribution in [0.25, 0.3) is 0 Å². The Hall–Kier alpha value is -2.06. The Morgan fingerprint density at radius 2 is 1.95 bits per heavy atom. The monoisotopic (exact) mass is 300 g/mol. The molecule has 0 aliphatic carbocycles. The van der Waals surface area contributed by atoms with Crippen molar-refractivity contribution < 1.29 is 22.3 Å². The van der Waals surface area contributed by atoms with Crippen LogP contribution in [0.15, 0.2) is 41.6 Å². The molecule has 5 nitrogen and oxygen atoms in total. The van der Waals surface area contributed by atoms with Crippen LogP contribution < -0.4 is 4.72 Å². The fourth-order valence-electron chi connectivity index (χ4n) is 1.44. The predicted molar refractivity (Wildman–Crippen MR) is 67.3 cm³/mol. The molecular formula is C12H10F2N2O3S. The maximum absolute atomic E-state index is 13.4. The van der Waals surface area contributed by atoms with Gasteiger partial charge in [0.1, 0.15) is 0 Å². The zero-order valence-electron chi connectivity index (χ0n) is 10.0. The van der Waals surface area contributed by atoms with Crippen molar-refractivity contribution in [2.75, 3.05) is 4.72 Å². The van der Waals surface area contributed by atoms with Crippen LogP contribution in [-0.2, 0) is 16.6 Å². The number of aromatic nitrogens is 1. The Bertz CT molecular complexity index is 718. The van der Waals surface area contributed by atoms with E-state index in [1.807, 2.05) is 4.72 Å². The highest BCUT2D eigenvalue weighted by molar-refractivity contribution is 7.92. The summed E-state index contributed by atoms with van der Waals surface area (Å²) in [5, 5.41) is 8.47. The van der Waals surface area contributed by atoms with Crippen LogP contribution in [0, 0.1) is 11.6 Å². The van der Waals surface area contributed by atoms with E-state index in [1.54, 1.807) is 0 Å². The molecule has 0 bridgehead atoms.